The molecule has 0 N–H and O–H groups in total. The molecule has 1 aliphatic carbocycles. The summed E-state index contributed by atoms with van der Waals surface area (Å²) in [5.41, 5.74) is 6.94. The van der Waals surface area contributed by atoms with Gasteiger partial charge in [-0.1, -0.05) is 116 Å². The first-order valence-corrected chi connectivity index (χ1v) is 25.3. The molecule has 8 aromatic rings. The zero-order chi connectivity index (χ0) is 46.5. The Morgan fingerprint density at radius 1 is 0.470 bits per heavy atom. The van der Waals surface area contributed by atoms with Gasteiger partial charge in [0.1, 0.15) is 22.8 Å². The molecule has 0 radical (unpaired) electrons. The number of ether oxygens (including phenoxy) is 2. The number of benzene rings is 8. The molecule has 0 saturated heterocycles. The Hall–Kier alpha value is -6.16. The van der Waals surface area contributed by atoms with E-state index in [1.165, 1.54) is 12.1 Å². The molecule has 0 heterocycles. The highest BCUT2D eigenvalue weighted by Crippen LogP contribution is 2.56. The molecular formula is C56H46Cl2O6S2. The highest BCUT2D eigenvalue weighted by molar-refractivity contribution is 7.91. The van der Waals surface area contributed by atoms with E-state index in [2.05, 4.69) is 72.8 Å². The van der Waals surface area contributed by atoms with E-state index in [9.17, 15) is 16.8 Å². The molecule has 1 atom stereocenters. The summed E-state index contributed by atoms with van der Waals surface area (Å²) < 4.78 is 66.8. The van der Waals surface area contributed by atoms with Crippen molar-refractivity contribution in [3.8, 4) is 28.4 Å². The summed E-state index contributed by atoms with van der Waals surface area (Å²) in [5, 5.41) is 0.468. The van der Waals surface area contributed by atoms with E-state index in [-0.39, 0.29) is 19.6 Å². The molecule has 0 fully saturated rings. The first-order valence-electron chi connectivity index (χ1n) is 21.6. The molecule has 66 heavy (non-hydrogen) atoms. The highest BCUT2D eigenvalue weighted by Gasteiger charge is 2.46. The lowest BCUT2D eigenvalue weighted by atomic mass is 9.67. The summed E-state index contributed by atoms with van der Waals surface area (Å²) in [7, 11) is -7.49. The third-order valence-electron chi connectivity index (χ3n) is 12.7. The number of rotatable bonds is 13. The van der Waals surface area contributed by atoms with Crippen LogP contribution in [0.1, 0.15) is 67.5 Å². The Labute approximate surface area is 397 Å². The average Bonchev–Trinajstić information content (AvgIpc) is 3.63. The number of fused-ring (bicyclic) bond motifs is 3. The monoisotopic (exact) mass is 948 g/mol. The second-order valence-corrected chi connectivity index (χ2v) is 22.4. The van der Waals surface area contributed by atoms with E-state index in [4.69, 9.17) is 32.7 Å². The second-order valence-electron chi connectivity index (χ2n) is 17.1. The Bertz CT molecular complexity index is 3230. The highest BCUT2D eigenvalue weighted by atomic mass is 35.5. The summed E-state index contributed by atoms with van der Waals surface area (Å²) >= 11 is 12.4. The van der Waals surface area contributed by atoms with Gasteiger partial charge in [-0.05, 0) is 169 Å². The van der Waals surface area contributed by atoms with Crippen molar-refractivity contribution in [1.82, 2.24) is 0 Å². The Morgan fingerprint density at radius 2 is 0.833 bits per heavy atom. The maximum Gasteiger partial charge on any atom is 0.206 e. The van der Waals surface area contributed by atoms with Gasteiger partial charge in [0.15, 0.2) is 0 Å². The molecule has 8 aromatic carbocycles. The Balaban J connectivity index is 0.999. The molecule has 0 bridgehead atoms. The molecule has 1 aliphatic rings. The van der Waals surface area contributed by atoms with Crippen molar-refractivity contribution in [2.45, 2.75) is 69.6 Å². The van der Waals surface area contributed by atoms with Crippen LogP contribution < -0.4 is 9.47 Å². The molecule has 332 valence electrons. The normalized spacial score (nSPS) is 14.2. The predicted molar refractivity (Wildman–Crippen MR) is 263 cm³/mol. The summed E-state index contributed by atoms with van der Waals surface area (Å²) in [5.74, 6) is 1.77. The van der Waals surface area contributed by atoms with E-state index in [1.807, 2.05) is 64.1 Å². The van der Waals surface area contributed by atoms with Crippen LogP contribution in [0.2, 0.25) is 5.02 Å². The first kappa shape index (κ1) is 45.0. The SMILES string of the molecule is CCC(C)(Oc1ccc(C2(c3ccc(Oc4ccc(S(=O)(=O)c5ccc(C(C)(C)Cl)cc5)cc4)cc3)c3ccccc3-c3ccccc32)cc1)c1ccc(S(=O)(=O)c2ccc(Cl)cc2)cc1. The van der Waals surface area contributed by atoms with E-state index in [1.54, 1.807) is 72.8 Å². The minimum Gasteiger partial charge on any atom is -0.483 e. The second kappa shape index (κ2) is 17.2. The van der Waals surface area contributed by atoms with Crippen molar-refractivity contribution in [2.24, 2.45) is 0 Å². The van der Waals surface area contributed by atoms with Gasteiger partial charge in [0.25, 0.3) is 0 Å². The number of hydrogen-bond donors (Lipinski definition) is 0. The molecule has 1 unspecified atom stereocenters. The average molecular weight is 950 g/mol. The number of halogens is 2. The van der Waals surface area contributed by atoms with Crippen LogP contribution in [0.4, 0.5) is 0 Å². The number of hydrogen-bond acceptors (Lipinski definition) is 6. The molecule has 10 heteroatoms. The lowest BCUT2D eigenvalue weighted by Crippen LogP contribution is -2.29. The standard InChI is InChI=1S/C56H46Cl2O6S2/c1-5-55(4,39-20-32-47(33-21-39)65(59,60)48-34-22-42(57)23-35-48)64-45-26-16-41(17-27-45)56(52-12-8-6-10-50(52)51-11-7-9-13-53(51)56)40-14-24-43(25-15-40)63-44-28-36-49(37-29-44)66(61,62)46-30-18-38(19-31-46)54(2,3)58/h6-37H,5H2,1-4H3. The van der Waals surface area contributed by atoms with Gasteiger partial charge in [0.05, 0.1) is 29.9 Å². The summed E-state index contributed by atoms with van der Waals surface area (Å²) in [4.78, 5) is 0.112. The van der Waals surface area contributed by atoms with E-state index < -0.39 is 35.6 Å². The van der Waals surface area contributed by atoms with Crippen LogP contribution in [-0.2, 0) is 35.6 Å². The smallest absolute Gasteiger partial charge is 0.206 e. The third-order valence-corrected chi connectivity index (χ3v) is 16.7. The van der Waals surface area contributed by atoms with Crippen molar-refractivity contribution in [2.75, 3.05) is 0 Å². The fourth-order valence-electron chi connectivity index (χ4n) is 8.89. The molecule has 0 saturated carbocycles. The molecule has 0 aromatic heterocycles. The van der Waals surface area contributed by atoms with Gasteiger partial charge < -0.3 is 9.47 Å². The fourth-order valence-corrected chi connectivity index (χ4v) is 11.7. The Kier molecular flexibility index (Phi) is 11.8. The Morgan fingerprint density at radius 3 is 1.26 bits per heavy atom. The number of alkyl halides is 1. The molecule has 0 amide bonds. The zero-order valence-corrected chi connectivity index (χ0v) is 39.8. The van der Waals surface area contributed by atoms with Crippen molar-refractivity contribution in [3.63, 3.8) is 0 Å². The minimum atomic E-state index is -3.76. The molecule has 0 aliphatic heterocycles. The van der Waals surface area contributed by atoms with Crippen LogP contribution in [0.25, 0.3) is 11.1 Å². The topological polar surface area (TPSA) is 86.7 Å². The van der Waals surface area contributed by atoms with Crippen LogP contribution in [0, 0.1) is 0 Å². The van der Waals surface area contributed by atoms with Gasteiger partial charge in [0.2, 0.25) is 19.7 Å². The van der Waals surface area contributed by atoms with Gasteiger partial charge in [-0.15, -0.1) is 11.6 Å². The van der Waals surface area contributed by atoms with Gasteiger partial charge in [-0.25, -0.2) is 16.8 Å². The van der Waals surface area contributed by atoms with Crippen LogP contribution >= 0.6 is 23.2 Å². The lowest BCUT2D eigenvalue weighted by molar-refractivity contribution is 0.0825. The van der Waals surface area contributed by atoms with Gasteiger partial charge in [-0.2, -0.15) is 0 Å². The maximum atomic E-state index is 13.5. The summed E-state index contributed by atoms with van der Waals surface area (Å²) in [6.07, 6.45) is 0.628. The molecule has 9 rings (SSSR count). The molecule has 6 nitrogen and oxygen atoms in total. The van der Waals surface area contributed by atoms with E-state index >= 15 is 0 Å². The zero-order valence-electron chi connectivity index (χ0n) is 36.7. The largest absolute Gasteiger partial charge is 0.483 e. The third kappa shape index (κ3) is 8.11. The summed E-state index contributed by atoms with van der Waals surface area (Å²) in [6, 6.07) is 59.5. The van der Waals surface area contributed by atoms with Crippen molar-refractivity contribution < 1.29 is 26.3 Å². The van der Waals surface area contributed by atoms with Gasteiger partial charge >= 0.3 is 0 Å². The van der Waals surface area contributed by atoms with Crippen LogP contribution in [0.5, 0.6) is 17.2 Å². The quantitative estimate of drug-likeness (QED) is 0.107. The summed E-state index contributed by atoms with van der Waals surface area (Å²) in [6.45, 7) is 7.78. The van der Waals surface area contributed by atoms with Crippen molar-refractivity contribution >= 4 is 42.9 Å². The van der Waals surface area contributed by atoms with Crippen LogP contribution in [-0.4, -0.2) is 16.8 Å². The fraction of sp³-hybridized carbons (Fsp3) is 0.143. The van der Waals surface area contributed by atoms with Crippen molar-refractivity contribution in [1.29, 1.82) is 0 Å². The number of sulfone groups is 2. The van der Waals surface area contributed by atoms with Gasteiger partial charge in [-0.3, -0.25) is 0 Å². The van der Waals surface area contributed by atoms with Crippen molar-refractivity contribution in [3.05, 3.63) is 233 Å². The van der Waals surface area contributed by atoms with E-state index in [0.29, 0.717) is 28.7 Å². The first-order chi connectivity index (χ1) is 31.5. The molecular weight excluding hydrogens is 904 g/mol. The minimum absolute atomic E-state index is 0.164. The maximum absolute atomic E-state index is 13.5. The predicted octanol–water partition coefficient (Wildman–Crippen LogP) is 14.3. The molecule has 0 spiro atoms. The van der Waals surface area contributed by atoms with Crippen LogP contribution in [0.15, 0.2) is 214 Å². The van der Waals surface area contributed by atoms with E-state index in [0.717, 1.165) is 44.5 Å². The van der Waals surface area contributed by atoms with Gasteiger partial charge in [0, 0.05) is 5.02 Å². The van der Waals surface area contributed by atoms with Crippen LogP contribution in [0.3, 0.4) is 0 Å². The lowest BCUT2D eigenvalue weighted by Gasteiger charge is -2.34.